The zero-order valence-electron chi connectivity index (χ0n) is 35.7. The van der Waals surface area contributed by atoms with E-state index in [0.29, 0.717) is 5.82 Å². The maximum absolute atomic E-state index is 5.72. The third-order valence-corrected chi connectivity index (χ3v) is 15.4. The van der Waals surface area contributed by atoms with E-state index in [-0.39, 0.29) is 0 Å². The lowest BCUT2D eigenvalue weighted by Gasteiger charge is -2.20. The molecule has 308 valence electrons. The quantitative estimate of drug-likeness (QED) is 0.159. The van der Waals surface area contributed by atoms with Crippen LogP contribution in [0.2, 0.25) is 0 Å². The number of thiophene rings is 2. The van der Waals surface area contributed by atoms with Crippen LogP contribution in [-0.4, -0.2) is 9.97 Å². The molecule has 10 aromatic carbocycles. The topological polar surface area (TPSA) is 25.8 Å². The van der Waals surface area contributed by atoms with E-state index in [1.54, 1.807) is 0 Å². The number of hydrogen-bond donors (Lipinski definition) is 0. The van der Waals surface area contributed by atoms with Crippen LogP contribution in [0.5, 0.6) is 0 Å². The van der Waals surface area contributed by atoms with E-state index in [4.69, 9.17) is 9.97 Å². The van der Waals surface area contributed by atoms with Crippen molar-refractivity contribution in [3.8, 4) is 78.4 Å². The number of fused-ring (bicyclic) bond motifs is 7. The van der Waals surface area contributed by atoms with E-state index in [9.17, 15) is 0 Å². The van der Waals surface area contributed by atoms with Crippen LogP contribution in [0.3, 0.4) is 0 Å². The first-order valence-corrected chi connectivity index (χ1v) is 23.9. The van der Waals surface area contributed by atoms with Crippen molar-refractivity contribution in [1.82, 2.24) is 9.97 Å². The minimum absolute atomic E-state index is 0.681. The van der Waals surface area contributed by atoms with Crippen molar-refractivity contribution in [1.29, 1.82) is 0 Å². The van der Waals surface area contributed by atoms with Gasteiger partial charge in [-0.3, -0.25) is 0 Å². The SMILES string of the molecule is c1ccc(-c2ccc(-c3c(-c4nc(-c5cccc6c5sc5ccccc56)cc(-c5cccc6c5sc5ccccc56)n4)cc(-c4ccccc4)cc3-c3cccc4ccccc34)cc2)cc1. The van der Waals surface area contributed by atoms with Crippen LogP contribution in [0, 0.1) is 0 Å². The normalized spacial score (nSPS) is 11.6. The van der Waals surface area contributed by atoms with Crippen LogP contribution < -0.4 is 0 Å². The molecule has 13 rings (SSSR count). The summed E-state index contributed by atoms with van der Waals surface area (Å²) in [6.45, 7) is 0. The van der Waals surface area contributed by atoms with Crippen molar-refractivity contribution in [3.05, 3.63) is 231 Å². The molecule has 0 fully saturated rings. The van der Waals surface area contributed by atoms with Gasteiger partial charge in [-0.25, -0.2) is 9.97 Å². The van der Waals surface area contributed by atoms with Crippen molar-refractivity contribution < 1.29 is 0 Å². The van der Waals surface area contributed by atoms with Crippen molar-refractivity contribution in [3.63, 3.8) is 0 Å². The molecule has 0 aliphatic heterocycles. The zero-order chi connectivity index (χ0) is 43.6. The molecule has 0 saturated carbocycles. The Kier molecular flexibility index (Phi) is 9.26. The Morgan fingerprint density at radius 1 is 0.273 bits per heavy atom. The third kappa shape index (κ3) is 6.53. The number of benzene rings is 10. The molecule has 3 heterocycles. The summed E-state index contributed by atoms with van der Waals surface area (Å²) in [5, 5.41) is 7.40. The molecule has 0 N–H and O–H groups in total. The molecule has 3 aromatic heterocycles. The summed E-state index contributed by atoms with van der Waals surface area (Å²) in [6, 6.07) is 83.5. The molecular formula is C62H38N2S2. The van der Waals surface area contributed by atoms with E-state index >= 15 is 0 Å². The molecule has 0 saturated heterocycles. The van der Waals surface area contributed by atoms with E-state index in [1.165, 1.54) is 62.2 Å². The summed E-state index contributed by atoms with van der Waals surface area (Å²) in [7, 11) is 0. The van der Waals surface area contributed by atoms with Crippen LogP contribution in [0.4, 0.5) is 0 Å². The predicted molar refractivity (Wildman–Crippen MR) is 283 cm³/mol. The highest BCUT2D eigenvalue weighted by Crippen LogP contribution is 2.47. The lowest BCUT2D eigenvalue weighted by Crippen LogP contribution is -2.00. The molecule has 4 heteroatoms. The molecule has 0 radical (unpaired) electrons. The molecule has 0 atom stereocenters. The van der Waals surface area contributed by atoms with Crippen LogP contribution in [0.15, 0.2) is 231 Å². The van der Waals surface area contributed by atoms with Crippen LogP contribution >= 0.6 is 22.7 Å². The highest BCUT2D eigenvalue weighted by Gasteiger charge is 2.23. The fourth-order valence-corrected chi connectivity index (χ4v) is 12.3. The maximum Gasteiger partial charge on any atom is 0.161 e. The van der Waals surface area contributed by atoms with Gasteiger partial charge >= 0.3 is 0 Å². The van der Waals surface area contributed by atoms with Gasteiger partial charge in [0.25, 0.3) is 0 Å². The van der Waals surface area contributed by atoms with Crippen LogP contribution in [0.25, 0.3) is 130 Å². The number of nitrogens with zero attached hydrogens (tertiary/aromatic N) is 2. The summed E-state index contributed by atoms with van der Waals surface area (Å²) < 4.78 is 4.98. The van der Waals surface area contributed by atoms with Gasteiger partial charge in [-0.1, -0.05) is 200 Å². The smallest absolute Gasteiger partial charge is 0.161 e. The fourth-order valence-electron chi connectivity index (χ4n) is 9.80. The second-order valence-electron chi connectivity index (χ2n) is 16.8. The summed E-state index contributed by atoms with van der Waals surface area (Å²) in [4.78, 5) is 11.4. The summed E-state index contributed by atoms with van der Waals surface area (Å²) >= 11 is 3.67. The van der Waals surface area contributed by atoms with Crippen LogP contribution in [0.1, 0.15) is 0 Å². The van der Waals surface area contributed by atoms with Crippen molar-refractivity contribution in [2.75, 3.05) is 0 Å². The Balaban J connectivity index is 1.15. The van der Waals surface area contributed by atoms with E-state index in [2.05, 4.69) is 231 Å². The monoisotopic (exact) mass is 874 g/mol. The van der Waals surface area contributed by atoms with Gasteiger partial charge < -0.3 is 0 Å². The van der Waals surface area contributed by atoms with E-state index in [1.807, 2.05) is 22.7 Å². The van der Waals surface area contributed by atoms with Crippen molar-refractivity contribution in [2.24, 2.45) is 0 Å². The zero-order valence-corrected chi connectivity index (χ0v) is 37.3. The van der Waals surface area contributed by atoms with Gasteiger partial charge in [0.1, 0.15) is 0 Å². The van der Waals surface area contributed by atoms with E-state index < -0.39 is 0 Å². The highest BCUT2D eigenvalue weighted by atomic mass is 32.1. The minimum atomic E-state index is 0.681. The fraction of sp³-hybridized carbons (Fsp3) is 0. The van der Waals surface area contributed by atoms with Gasteiger partial charge in [0.2, 0.25) is 0 Å². The Morgan fingerprint density at radius 2 is 0.712 bits per heavy atom. The standard InChI is InChI=1S/C62H38N2S2/c1-3-16-39(17-4-1)41-32-34-43(35-33-41)59-53(46-25-13-21-42-20-7-8-22-45(42)46)36-44(40-18-5-2-6-19-40)37-54(59)62-63-55(51-28-14-26-49-47-23-9-11-30-57(47)65-60(49)51)38-56(64-62)52-29-15-27-50-48-24-10-12-31-58(48)66-61(50)52/h1-38H. The molecule has 0 amide bonds. The number of aromatic nitrogens is 2. The summed E-state index contributed by atoms with van der Waals surface area (Å²) in [5.41, 5.74) is 14.0. The van der Waals surface area contributed by atoms with Crippen molar-refractivity contribution >= 4 is 73.8 Å². The Labute approximate surface area is 390 Å². The Hall–Kier alpha value is -8.02. The summed E-state index contributed by atoms with van der Waals surface area (Å²) in [6.07, 6.45) is 0. The van der Waals surface area contributed by atoms with Gasteiger partial charge in [-0.15, -0.1) is 22.7 Å². The second-order valence-corrected chi connectivity index (χ2v) is 18.9. The molecular weight excluding hydrogens is 837 g/mol. The van der Waals surface area contributed by atoms with Gasteiger partial charge in [0.15, 0.2) is 5.82 Å². The van der Waals surface area contributed by atoms with Gasteiger partial charge in [0.05, 0.1) is 11.4 Å². The highest BCUT2D eigenvalue weighted by molar-refractivity contribution is 7.26. The molecule has 0 aliphatic rings. The van der Waals surface area contributed by atoms with Crippen molar-refractivity contribution in [2.45, 2.75) is 0 Å². The van der Waals surface area contributed by atoms with Crippen LogP contribution in [-0.2, 0) is 0 Å². The number of hydrogen-bond acceptors (Lipinski definition) is 4. The van der Waals surface area contributed by atoms with E-state index in [0.717, 1.165) is 61.5 Å². The first kappa shape index (κ1) is 38.4. The van der Waals surface area contributed by atoms with Gasteiger partial charge in [0, 0.05) is 62.6 Å². The lowest BCUT2D eigenvalue weighted by atomic mass is 9.85. The Bertz CT molecular complexity index is 3840. The maximum atomic E-state index is 5.72. The minimum Gasteiger partial charge on any atom is -0.228 e. The Morgan fingerprint density at radius 3 is 1.33 bits per heavy atom. The lowest BCUT2D eigenvalue weighted by molar-refractivity contribution is 1.19. The molecule has 0 spiro atoms. The molecule has 0 bridgehead atoms. The molecule has 0 unspecified atom stereocenters. The average Bonchev–Trinajstić information content (AvgIpc) is 3.97. The molecule has 0 aliphatic carbocycles. The molecule has 66 heavy (non-hydrogen) atoms. The third-order valence-electron chi connectivity index (χ3n) is 12.9. The summed E-state index contributed by atoms with van der Waals surface area (Å²) in [5.74, 6) is 0.681. The second kappa shape index (κ2) is 15.9. The largest absolute Gasteiger partial charge is 0.228 e. The average molecular weight is 875 g/mol. The molecule has 2 nitrogen and oxygen atoms in total. The van der Waals surface area contributed by atoms with Gasteiger partial charge in [-0.05, 0) is 80.0 Å². The number of rotatable bonds is 7. The first-order valence-electron chi connectivity index (χ1n) is 22.3. The molecule has 13 aromatic rings. The predicted octanol–water partition coefficient (Wildman–Crippen LogP) is 18.0. The van der Waals surface area contributed by atoms with Gasteiger partial charge in [-0.2, -0.15) is 0 Å². The first-order chi connectivity index (χ1) is 32.7.